The van der Waals surface area contributed by atoms with Crippen molar-refractivity contribution in [1.29, 1.82) is 0 Å². The number of azo groups is 1. The molecule has 3 aromatic carbocycles. The average Bonchev–Trinajstić information content (AvgIpc) is 2.78. The lowest BCUT2D eigenvalue weighted by Gasteiger charge is -2.09. The van der Waals surface area contributed by atoms with Gasteiger partial charge in [0.25, 0.3) is 10.1 Å². The SMILES string of the molecule is CC(=O)c1ccc(-c2ccc(N=Nc3cc(S(=O)(=O)O)c4ccccc4c3N)cn2)cc1. The molecule has 0 bridgehead atoms. The molecule has 0 aliphatic carbocycles. The van der Waals surface area contributed by atoms with E-state index < -0.39 is 10.1 Å². The molecule has 0 saturated carbocycles. The topological polar surface area (TPSA) is 135 Å². The van der Waals surface area contributed by atoms with Crippen LogP contribution in [0.4, 0.5) is 17.1 Å². The Morgan fingerprint density at radius 3 is 2.25 bits per heavy atom. The van der Waals surface area contributed by atoms with Gasteiger partial charge in [0.2, 0.25) is 0 Å². The molecular weight excluding hydrogens is 428 g/mol. The molecule has 0 spiro atoms. The van der Waals surface area contributed by atoms with Crippen molar-refractivity contribution in [3.63, 3.8) is 0 Å². The molecule has 3 N–H and O–H groups in total. The van der Waals surface area contributed by atoms with Crippen molar-refractivity contribution >= 4 is 43.7 Å². The molecule has 4 aromatic rings. The second-order valence-electron chi connectivity index (χ2n) is 7.06. The summed E-state index contributed by atoms with van der Waals surface area (Å²) in [4.78, 5) is 15.5. The van der Waals surface area contributed by atoms with Crippen molar-refractivity contribution in [3.8, 4) is 11.3 Å². The van der Waals surface area contributed by atoms with Gasteiger partial charge in [0.1, 0.15) is 16.3 Å². The van der Waals surface area contributed by atoms with Gasteiger partial charge in [0.15, 0.2) is 5.78 Å². The van der Waals surface area contributed by atoms with Crippen LogP contribution in [0.1, 0.15) is 17.3 Å². The van der Waals surface area contributed by atoms with Gasteiger partial charge in [-0.1, -0.05) is 48.5 Å². The van der Waals surface area contributed by atoms with Gasteiger partial charge >= 0.3 is 0 Å². The molecule has 0 fully saturated rings. The number of hydrogen-bond donors (Lipinski definition) is 2. The second-order valence-corrected chi connectivity index (χ2v) is 8.45. The molecule has 0 aliphatic rings. The average molecular weight is 446 g/mol. The molecule has 4 rings (SSSR count). The Morgan fingerprint density at radius 2 is 1.66 bits per heavy atom. The van der Waals surface area contributed by atoms with Crippen LogP contribution in [0.25, 0.3) is 22.0 Å². The molecule has 0 atom stereocenters. The second kappa shape index (κ2) is 8.29. The van der Waals surface area contributed by atoms with E-state index in [1.165, 1.54) is 19.2 Å². The molecule has 0 saturated heterocycles. The number of nitrogens with zero attached hydrogens (tertiary/aromatic N) is 3. The summed E-state index contributed by atoms with van der Waals surface area (Å²) in [5.41, 5.74) is 9.10. The summed E-state index contributed by atoms with van der Waals surface area (Å²) in [6.45, 7) is 1.51. The first-order valence-electron chi connectivity index (χ1n) is 9.52. The molecule has 8 nitrogen and oxygen atoms in total. The highest BCUT2D eigenvalue weighted by molar-refractivity contribution is 7.86. The Morgan fingerprint density at radius 1 is 0.969 bits per heavy atom. The third-order valence-electron chi connectivity index (χ3n) is 4.91. The zero-order chi connectivity index (χ0) is 22.9. The minimum atomic E-state index is -4.49. The Bertz CT molecular complexity index is 1460. The van der Waals surface area contributed by atoms with E-state index in [9.17, 15) is 17.8 Å². The van der Waals surface area contributed by atoms with Crippen LogP contribution >= 0.6 is 0 Å². The Labute approximate surface area is 184 Å². The summed E-state index contributed by atoms with van der Waals surface area (Å²) in [6.07, 6.45) is 1.51. The molecule has 0 radical (unpaired) electrons. The number of benzene rings is 3. The third-order valence-corrected chi connectivity index (χ3v) is 5.81. The molecule has 1 aromatic heterocycles. The van der Waals surface area contributed by atoms with Crippen molar-refractivity contribution in [2.24, 2.45) is 10.2 Å². The van der Waals surface area contributed by atoms with Gasteiger partial charge in [-0.2, -0.15) is 8.42 Å². The quantitative estimate of drug-likeness (QED) is 0.184. The highest BCUT2D eigenvalue weighted by Crippen LogP contribution is 2.36. The molecule has 0 amide bonds. The fourth-order valence-electron chi connectivity index (χ4n) is 3.25. The number of Topliss-reactive ketones (excluding diaryl/α,β-unsaturated/α-hetero) is 1. The first-order chi connectivity index (χ1) is 15.2. The van der Waals surface area contributed by atoms with Crippen molar-refractivity contribution in [3.05, 3.63) is 78.5 Å². The molecular formula is C23H18N4O4S. The molecule has 0 unspecified atom stereocenters. The summed E-state index contributed by atoms with van der Waals surface area (Å²) in [6, 6.07) is 18.3. The maximum absolute atomic E-state index is 11.8. The minimum Gasteiger partial charge on any atom is -0.396 e. The molecule has 9 heteroatoms. The normalized spacial score (nSPS) is 11.8. The van der Waals surface area contributed by atoms with Crippen LogP contribution in [0.5, 0.6) is 0 Å². The van der Waals surface area contributed by atoms with Gasteiger partial charge < -0.3 is 5.73 Å². The Kier molecular flexibility index (Phi) is 5.52. The first kappa shape index (κ1) is 21.3. The van der Waals surface area contributed by atoms with Crippen LogP contribution in [-0.4, -0.2) is 23.7 Å². The summed E-state index contributed by atoms with van der Waals surface area (Å²) in [5, 5.41) is 8.92. The zero-order valence-corrected chi connectivity index (χ0v) is 17.7. The lowest BCUT2D eigenvalue weighted by Crippen LogP contribution is -2.01. The van der Waals surface area contributed by atoms with Crippen molar-refractivity contribution in [1.82, 2.24) is 4.98 Å². The number of nitrogens with two attached hydrogens (primary N) is 1. The predicted molar refractivity (Wildman–Crippen MR) is 122 cm³/mol. The Balaban J connectivity index is 1.66. The number of anilines is 1. The van der Waals surface area contributed by atoms with Crippen molar-refractivity contribution in [2.45, 2.75) is 11.8 Å². The van der Waals surface area contributed by atoms with Gasteiger partial charge in [-0.3, -0.25) is 14.3 Å². The van der Waals surface area contributed by atoms with Crippen LogP contribution in [0.15, 0.2) is 88.1 Å². The summed E-state index contributed by atoms with van der Waals surface area (Å²) < 4.78 is 33.3. The lowest BCUT2D eigenvalue weighted by molar-refractivity contribution is 0.101. The van der Waals surface area contributed by atoms with Gasteiger partial charge in [-0.25, -0.2) is 0 Å². The third kappa shape index (κ3) is 4.25. The van der Waals surface area contributed by atoms with Crippen molar-refractivity contribution < 1.29 is 17.8 Å². The van der Waals surface area contributed by atoms with Gasteiger partial charge in [0, 0.05) is 21.9 Å². The van der Waals surface area contributed by atoms with E-state index in [1.54, 1.807) is 48.5 Å². The fraction of sp³-hybridized carbons (Fsp3) is 0.0435. The molecule has 32 heavy (non-hydrogen) atoms. The van der Waals surface area contributed by atoms with Gasteiger partial charge in [-0.15, -0.1) is 10.2 Å². The standard InChI is InChI=1S/C23H18N4O4S/c1-14(28)15-6-8-16(9-7-15)20-11-10-17(13-25-20)26-27-21-12-22(32(29,30)31)18-4-2-3-5-19(18)23(21)24/h2-13H,24H2,1H3,(H,29,30,31). The number of carbonyl (C=O) groups excluding carboxylic acids is 1. The number of carbonyl (C=O) groups is 1. The summed E-state index contributed by atoms with van der Waals surface area (Å²) >= 11 is 0. The summed E-state index contributed by atoms with van der Waals surface area (Å²) in [7, 11) is -4.49. The summed E-state index contributed by atoms with van der Waals surface area (Å²) in [5.74, 6) is -0.00890. The Hall–Kier alpha value is -3.95. The van der Waals surface area contributed by atoms with Crippen LogP contribution in [-0.2, 0) is 10.1 Å². The maximum atomic E-state index is 11.8. The monoisotopic (exact) mass is 446 g/mol. The first-order valence-corrected chi connectivity index (χ1v) is 11.0. The van der Waals surface area contributed by atoms with Crippen molar-refractivity contribution in [2.75, 3.05) is 5.73 Å². The number of pyridine rings is 1. The molecule has 1 heterocycles. The van der Waals surface area contributed by atoms with Crippen LogP contribution in [0.2, 0.25) is 0 Å². The highest BCUT2D eigenvalue weighted by atomic mass is 32.2. The number of rotatable bonds is 5. The van der Waals surface area contributed by atoms with E-state index >= 15 is 0 Å². The number of ketones is 1. The maximum Gasteiger partial charge on any atom is 0.295 e. The van der Waals surface area contributed by atoms with Gasteiger partial charge in [-0.05, 0) is 25.1 Å². The number of aromatic nitrogens is 1. The molecule has 0 aliphatic heterocycles. The van der Waals surface area contributed by atoms with E-state index in [-0.39, 0.29) is 22.1 Å². The van der Waals surface area contributed by atoms with Crippen LogP contribution in [0.3, 0.4) is 0 Å². The number of nitrogen functional groups attached to an aromatic ring is 1. The fourth-order valence-corrected chi connectivity index (χ4v) is 3.97. The van der Waals surface area contributed by atoms with E-state index in [0.29, 0.717) is 27.7 Å². The van der Waals surface area contributed by atoms with E-state index in [4.69, 9.17) is 5.73 Å². The number of fused-ring (bicyclic) bond motifs is 1. The van der Waals surface area contributed by atoms with E-state index in [2.05, 4.69) is 15.2 Å². The largest absolute Gasteiger partial charge is 0.396 e. The zero-order valence-electron chi connectivity index (χ0n) is 16.9. The number of hydrogen-bond acceptors (Lipinski definition) is 7. The predicted octanol–water partition coefficient (Wildman–Crippen LogP) is 5.35. The van der Waals surface area contributed by atoms with E-state index in [0.717, 1.165) is 5.56 Å². The van der Waals surface area contributed by atoms with Gasteiger partial charge in [0.05, 0.1) is 17.6 Å². The highest BCUT2D eigenvalue weighted by Gasteiger charge is 2.18. The lowest BCUT2D eigenvalue weighted by atomic mass is 10.1. The molecule has 160 valence electrons. The van der Waals surface area contributed by atoms with Crippen LogP contribution in [0, 0.1) is 0 Å². The minimum absolute atomic E-state index is 0.00890. The van der Waals surface area contributed by atoms with E-state index in [1.807, 2.05) is 12.1 Å². The smallest absolute Gasteiger partial charge is 0.295 e. The van der Waals surface area contributed by atoms with Crippen LogP contribution < -0.4 is 5.73 Å².